The second-order valence-corrected chi connectivity index (χ2v) is 5.02. The van der Waals surface area contributed by atoms with Crippen LogP contribution < -0.4 is 5.32 Å². The summed E-state index contributed by atoms with van der Waals surface area (Å²) in [5, 5.41) is 13.5. The lowest BCUT2D eigenvalue weighted by molar-refractivity contribution is 0.156. The molecule has 92 valence electrons. The van der Waals surface area contributed by atoms with Crippen LogP contribution in [-0.4, -0.2) is 23.3 Å². The van der Waals surface area contributed by atoms with Crippen molar-refractivity contribution in [1.82, 2.24) is 5.32 Å². The quantitative estimate of drug-likeness (QED) is 0.838. The van der Waals surface area contributed by atoms with Gasteiger partial charge in [-0.2, -0.15) is 0 Å². The van der Waals surface area contributed by atoms with Gasteiger partial charge in [-0.3, -0.25) is 0 Å². The second kappa shape index (κ2) is 5.48. The Labute approximate surface area is 103 Å². The predicted molar refractivity (Wildman–Crippen MR) is 71.7 cm³/mol. The van der Waals surface area contributed by atoms with Crippen LogP contribution in [0.25, 0.3) is 5.57 Å². The molecule has 0 saturated heterocycles. The van der Waals surface area contributed by atoms with Crippen molar-refractivity contribution in [2.45, 2.75) is 44.9 Å². The minimum absolute atomic E-state index is 0.197. The lowest BCUT2D eigenvalue weighted by atomic mass is 9.88. The number of aliphatic hydroxyl groups is 1. The van der Waals surface area contributed by atoms with Gasteiger partial charge in [-0.1, -0.05) is 50.3 Å². The van der Waals surface area contributed by atoms with Gasteiger partial charge in [0.15, 0.2) is 0 Å². The van der Waals surface area contributed by atoms with Gasteiger partial charge in [0.1, 0.15) is 0 Å². The normalized spacial score (nSPS) is 24.8. The van der Waals surface area contributed by atoms with Crippen LogP contribution in [0.4, 0.5) is 0 Å². The molecular weight excluding hydrogens is 210 g/mol. The minimum Gasteiger partial charge on any atom is -0.387 e. The Kier molecular flexibility index (Phi) is 3.97. The fourth-order valence-electron chi connectivity index (χ4n) is 2.39. The smallest absolute Gasteiger partial charge is 0.0879 e. The second-order valence-electron chi connectivity index (χ2n) is 5.02. The van der Waals surface area contributed by atoms with Crippen LogP contribution in [0.5, 0.6) is 0 Å². The highest BCUT2D eigenvalue weighted by Crippen LogP contribution is 2.27. The van der Waals surface area contributed by atoms with Gasteiger partial charge in [0.2, 0.25) is 0 Å². The zero-order chi connectivity index (χ0) is 12.3. The topological polar surface area (TPSA) is 32.3 Å². The van der Waals surface area contributed by atoms with Crippen molar-refractivity contribution in [3.8, 4) is 0 Å². The van der Waals surface area contributed by atoms with Gasteiger partial charge in [0.25, 0.3) is 0 Å². The molecule has 1 aliphatic rings. The molecule has 1 aromatic carbocycles. The number of aliphatic hydroxyl groups excluding tert-OH is 1. The molecule has 1 aliphatic carbocycles. The lowest BCUT2D eigenvalue weighted by Gasteiger charge is -2.29. The monoisotopic (exact) mass is 231 g/mol. The molecular formula is C15H21NO. The number of hydrogen-bond donors (Lipinski definition) is 2. The van der Waals surface area contributed by atoms with Crippen LogP contribution in [-0.2, 0) is 0 Å². The van der Waals surface area contributed by atoms with Crippen molar-refractivity contribution in [2.75, 3.05) is 0 Å². The Balaban J connectivity index is 2.09. The molecule has 0 unspecified atom stereocenters. The highest BCUT2D eigenvalue weighted by atomic mass is 16.3. The van der Waals surface area contributed by atoms with Crippen LogP contribution in [0.3, 0.4) is 0 Å². The zero-order valence-corrected chi connectivity index (χ0v) is 10.6. The lowest BCUT2D eigenvalue weighted by Crippen LogP contribution is -2.44. The van der Waals surface area contributed by atoms with Crippen LogP contribution in [0.2, 0.25) is 0 Å². The number of benzene rings is 1. The Bertz CT molecular complexity index is 383. The first-order valence-electron chi connectivity index (χ1n) is 6.37. The van der Waals surface area contributed by atoms with E-state index >= 15 is 0 Å². The Hall–Kier alpha value is -1.12. The first-order valence-corrected chi connectivity index (χ1v) is 6.37. The third-order valence-electron chi connectivity index (χ3n) is 3.20. The van der Waals surface area contributed by atoms with Gasteiger partial charge in [0, 0.05) is 12.1 Å². The number of hydrogen-bond acceptors (Lipinski definition) is 2. The molecule has 2 N–H and O–H groups in total. The van der Waals surface area contributed by atoms with E-state index in [4.69, 9.17) is 0 Å². The van der Waals surface area contributed by atoms with Gasteiger partial charge < -0.3 is 10.4 Å². The van der Waals surface area contributed by atoms with E-state index < -0.39 is 0 Å². The molecule has 0 spiro atoms. The van der Waals surface area contributed by atoms with Crippen molar-refractivity contribution in [1.29, 1.82) is 0 Å². The molecule has 0 amide bonds. The molecule has 0 aliphatic heterocycles. The maximum atomic E-state index is 10.1. The molecule has 0 fully saturated rings. The van der Waals surface area contributed by atoms with E-state index in [1.807, 2.05) is 24.3 Å². The summed E-state index contributed by atoms with van der Waals surface area (Å²) < 4.78 is 0. The average Bonchev–Trinajstić information content (AvgIpc) is 2.32. The highest BCUT2D eigenvalue weighted by Gasteiger charge is 2.23. The molecule has 2 rings (SSSR count). The molecule has 2 atom stereocenters. The highest BCUT2D eigenvalue weighted by molar-refractivity contribution is 5.67. The van der Waals surface area contributed by atoms with Gasteiger partial charge in [-0.15, -0.1) is 0 Å². The number of nitrogens with one attached hydrogen (secondary N) is 1. The molecule has 2 heteroatoms. The molecule has 0 radical (unpaired) electrons. The van der Waals surface area contributed by atoms with E-state index in [2.05, 4.69) is 31.3 Å². The Morgan fingerprint density at radius 2 is 1.94 bits per heavy atom. The summed E-state index contributed by atoms with van der Waals surface area (Å²) in [6.07, 6.45) is 3.66. The van der Waals surface area contributed by atoms with Gasteiger partial charge in [0.05, 0.1) is 6.10 Å². The van der Waals surface area contributed by atoms with E-state index in [0.29, 0.717) is 6.04 Å². The van der Waals surface area contributed by atoms with E-state index in [9.17, 15) is 5.11 Å². The fraction of sp³-hybridized carbons (Fsp3) is 0.467. The molecule has 0 heterocycles. The zero-order valence-electron chi connectivity index (χ0n) is 10.6. The molecule has 0 bridgehead atoms. The summed E-state index contributed by atoms with van der Waals surface area (Å²) in [7, 11) is 0. The predicted octanol–water partition coefficient (Wildman–Crippen LogP) is 2.59. The number of rotatable bonds is 3. The maximum Gasteiger partial charge on any atom is 0.0879 e. The van der Waals surface area contributed by atoms with E-state index in [-0.39, 0.29) is 12.1 Å². The van der Waals surface area contributed by atoms with E-state index in [0.717, 1.165) is 12.8 Å². The fourth-order valence-corrected chi connectivity index (χ4v) is 2.39. The molecule has 0 saturated carbocycles. The van der Waals surface area contributed by atoms with Gasteiger partial charge in [-0.25, -0.2) is 0 Å². The summed E-state index contributed by atoms with van der Waals surface area (Å²) in [5.41, 5.74) is 2.49. The number of allylic oxidation sites excluding steroid dienone is 1. The largest absolute Gasteiger partial charge is 0.387 e. The molecule has 2 nitrogen and oxygen atoms in total. The van der Waals surface area contributed by atoms with Crippen molar-refractivity contribution in [2.24, 2.45) is 0 Å². The summed E-state index contributed by atoms with van der Waals surface area (Å²) in [6, 6.07) is 10.9. The third-order valence-corrected chi connectivity index (χ3v) is 3.20. The maximum absolute atomic E-state index is 10.1. The standard InChI is InChI=1S/C15H21NO/c1-11(2)16-14-9-8-13(10-15(14)17)12-6-4-3-5-7-12/h3-7,10-11,14-17H,8-9H2,1-2H3/t14-,15-/m1/s1. The third kappa shape index (κ3) is 3.18. The summed E-state index contributed by atoms with van der Waals surface area (Å²) >= 11 is 0. The summed E-state index contributed by atoms with van der Waals surface area (Å²) in [5.74, 6) is 0. The van der Waals surface area contributed by atoms with E-state index in [1.165, 1.54) is 11.1 Å². The van der Waals surface area contributed by atoms with Gasteiger partial charge >= 0.3 is 0 Å². The first-order chi connectivity index (χ1) is 8.16. The SMILES string of the molecule is CC(C)N[C@@H]1CCC(c2ccccc2)=C[C@H]1O. The molecule has 17 heavy (non-hydrogen) atoms. The van der Waals surface area contributed by atoms with Crippen LogP contribution in [0, 0.1) is 0 Å². The van der Waals surface area contributed by atoms with E-state index in [1.54, 1.807) is 0 Å². The van der Waals surface area contributed by atoms with Gasteiger partial charge in [-0.05, 0) is 24.0 Å². The van der Waals surface area contributed by atoms with Crippen LogP contribution in [0.15, 0.2) is 36.4 Å². The Morgan fingerprint density at radius 1 is 1.24 bits per heavy atom. The molecule has 0 aromatic heterocycles. The van der Waals surface area contributed by atoms with Crippen LogP contribution >= 0.6 is 0 Å². The minimum atomic E-state index is -0.374. The van der Waals surface area contributed by atoms with Crippen molar-refractivity contribution in [3.63, 3.8) is 0 Å². The van der Waals surface area contributed by atoms with Crippen LogP contribution in [0.1, 0.15) is 32.3 Å². The first kappa shape index (κ1) is 12.3. The van der Waals surface area contributed by atoms with Crippen molar-refractivity contribution in [3.05, 3.63) is 42.0 Å². The summed E-state index contributed by atoms with van der Waals surface area (Å²) in [6.45, 7) is 4.23. The van der Waals surface area contributed by atoms with Crippen molar-refractivity contribution < 1.29 is 5.11 Å². The average molecular weight is 231 g/mol. The van der Waals surface area contributed by atoms with Crippen molar-refractivity contribution >= 4 is 5.57 Å². The Morgan fingerprint density at radius 3 is 2.53 bits per heavy atom. The molecule has 1 aromatic rings. The summed E-state index contributed by atoms with van der Waals surface area (Å²) in [4.78, 5) is 0.